The van der Waals surface area contributed by atoms with Gasteiger partial charge >= 0.3 is 0 Å². The maximum Gasteiger partial charge on any atom is 0.257 e. The first-order chi connectivity index (χ1) is 11.4. The number of amides is 1. The van der Waals surface area contributed by atoms with Crippen LogP contribution in [-0.4, -0.2) is 32.7 Å². The quantitative estimate of drug-likeness (QED) is 0.771. The summed E-state index contributed by atoms with van der Waals surface area (Å²) in [6.45, 7) is 0. The van der Waals surface area contributed by atoms with E-state index in [4.69, 9.17) is 4.74 Å². The lowest BCUT2D eigenvalue weighted by molar-refractivity contribution is 0.102. The van der Waals surface area contributed by atoms with Crippen molar-refractivity contribution in [3.8, 4) is 5.75 Å². The number of sulfone groups is 1. The van der Waals surface area contributed by atoms with Gasteiger partial charge in [-0.15, -0.1) is 0 Å². The van der Waals surface area contributed by atoms with Gasteiger partial charge in [0.25, 0.3) is 5.91 Å². The van der Waals surface area contributed by atoms with Crippen LogP contribution in [0.4, 0.5) is 5.13 Å². The molecule has 1 N–H and O–H groups in total. The van der Waals surface area contributed by atoms with Crippen molar-refractivity contribution in [2.24, 2.45) is 0 Å². The van der Waals surface area contributed by atoms with E-state index in [1.165, 1.54) is 29.5 Å². The molecular formula is C16H14N2O4S2. The maximum atomic E-state index is 12.3. The average Bonchev–Trinajstić information content (AvgIpc) is 2.95. The van der Waals surface area contributed by atoms with Gasteiger partial charge in [0.05, 0.1) is 22.2 Å². The average molecular weight is 362 g/mol. The summed E-state index contributed by atoms with van der Waals surface area (Å²) in [4.78, 5) is 16.8. The van der Waals surface area contributed by atoms with Gasteiger partial charge in [0, 0.05) is 11.8 Å². The van der Waals surface area contributed by atoms with Crippen LogP contribution in [-0.2, 0) is 9.84 Å². The smallest absolute Gasteiger partial charge is 0.257 e. The fraction of sp³-hybridized carbons (Fsp3) is 0.125. The van der Waals surface area contributed by atoms with Crippen LogP contribution >= 0.6 is 11.3 Å². The molecule has 0 unspecified atom stereocenters. The monoisotopic (exact) mass is 362 g/mol. The molecule has 3 rings (SSSR count). The molecule has 3 aromatic rings. The normalized spacial score (nSPS) is 11.4. The minimum absolute atomic E-state index is 0.101. The standard InChI is InChI=1S/C16H14N2O4S2/c1-22-11-6-7-13-14(9-11)23-16(17-13)18-15(19)10-4-3-5-12(8-10)24(2,20)21/h3-9H,1-2H3,(H,17,18,19). The van der Waals surface area contributed by atoms with Gasteiger partial charge in [-0.05, 0) is 36.4 Å². The highest BCUT2D eigenvalue weighted by molar-refractivity contribution is 7.90. The third-order valence-electron chi connectivity index (χ3n) is 3.34. The van der Waals surface area contributed by atoms with Crippen LogP contribution in [0.15, 0.2) is 47.4 Å². The Bertz CT molecular complexity index is 1030. The minimum atomic E-state index is -3.37. The Kier molecular flexibility index (Phi) is 4.25. The van der Waals surface area contributed by atoms with Gasteiger partial charge in [-0.25, -0.2) is 13.4 Å². The number of carbonyl (C=O) groups excluding carboxylic acids is 1. The Morgan fingerprint density at radius 1 is 1.21 bits per heavy atom. The number of ether oxygens (including phenoxy) is 1. The van der Waals surface area contributed by atoms with Crippen LogP contribution in [0.25, 0.3) is 10.2 Å². The third-order valence-corrected chi connectivity index (χ3v) is 5.38. The molecule has 6 nitrogen and oxygen atoms in total. The topological polar surface area (TPSA) is 85.4 Å². The Labute approximate surface area is 143 Å². The predicted octanol–water partition coefficient (Wildman–Crippen LogP) is 2.96. The number of hydrogen-bond donors (Lipinski definition) is 1. The molecule has 0 bridgehead atoms. The first-order valence-corrected chi connectivity index (χ1v) is 9.63. The summed E-state index contributed by atoms with van der Waals surface area (Å²) in [7, 11) is -1.78. The summed E-state index contributed by atoms with van der Waals surface area (Å²) in [5.74, 6) is 0.302. The highest BCUT2D eigenvalue weighted by Crippen LogP contribution is 2.29. The van der Waals surface area contributed by atoms with Gasteiger partial charge in [0.1, 0.15) is 5.75 Å². The van der Waals surface area contributed by atoms with Gasteiger partial charge < -0.3 is 4.74 Å². The van der Waals surface area contributed by atoms with Gasteiger partial charge in [-0.1, -0.05) is 17.4 Å². The summed E-state index contributed by atoms with van der Waals surface area (Å²) in [6.07, 6.45) is 1.10. The predicted molar refractivity (Wildman–Crippen MR) is 93.7 cm³/mol. The second kappa shape index (κ2) is 6.21. The van der Waals surface area contributed by atoms with Crippen LogP contribution < -0.4 is 10.1 Å². The lowest BCUT2D eigenvalue weighted by Crippen LogP contribution is -2.12. The highest BCUT2D eigenvalue weighted by Gasteiger charge is 2.13. The molecular weight excluding hydrogens is 348 g/mol. The van der Waals surface area contributed by atoms with Crippen LogP contribution in [0.5, 0.6) is 5.75 Å². The van der Waals surface area contributed by atoms with Gasteiger partial charge in [0.15, 0.2) is 15.0 Å². The van der Waals surface area contributed by atoms with Crippen LogP contribution in [0, 0.1) is 0 Å². The van der Waals surface area contributed by atoms with Crippen molar-refractivity contribution >= 4 is 42.4 Å². The number of carbonyl (C=O) groups is 1. The van der Waals surface area contributed by atoms with E-state index >= 15 is 0 Å². The highest BCUT2D eigenvalue weighted by atomic mass is 32.2. The van der Waals surface area contributed by atoms with Crippen molar-refractivity contribution in [2.45, 2.75) is 4.90 Å². The fourth-order valence-corrected chi connectivity index (χ4v) is 3.68. The molecule has 1 aromatic heterocycles. The minimum Gasteiger partial charge on any atom is -0.497 e. The summed E-state index contributed by atoms with van der Waals surface area (Å²) in [5, 5.41) is 3.13. The van der Waals surface area contributed by atoms with E-state index in [0.29, 0.717) is 10.9 Å². The second-order valence-corrected chi connectivity index (χ2v) is 8.15. The Morgan fingerprint density at radius 3 is 2.71 bits per heavy atom. The summed E-state index contributed by atoms with van der Waals surface area (Å²) in [5.41, 5.74) is 1.01. The van der Waals surface area contributed by atoms with Crippen molar-refractivity contribution < 1.29 is 17.9 Å². The van der Waals surface area contributed by atoms with E-state index in [0.717, 1.165) is 16.5 Å². The number of aromatic nitrogens is 1. The molecule has 0 saturated carbocycles. The number of nitrogens with one attached hydrogen (secondary N) is 1. The summed E-state index contributed by atoms with van der Waals surface area (Å²) in [6, 6.07) is 11.3. The van der Waals surface area contributed by atoms with Crippen molar-refractivity contribution in [1.29, 1.82) is 0 Å². The molecule has 2 aromatic carbocycles. The van der Waals surface area contributed by atoms with Crippen molar-refractivity contribution in [1.82, 2.24) is 4.98 Å². The van der Waals surface area contributed by atoms with E-state index in [-0.39, 0.29) is 10.5 Å². The Morgan fingerprint density at radius 2 is 2.00 bits per heavy atom. The zero-order valence-corrected chi connectivity index (χ0v) is 14.6. The molecule has 0 fully saturated rings. The van der Waals surface area contributed by atoms with Gasteiger partial charge in [-0.3, -0.25) is 10.1 Å². The molecule has 24 heavy (non-hydrogen) atoms. The van der Waals surface area contributed by atoms with E-state index in [9.17, 15) is 13.2 Å². The Balaban J connectivity index is 1.87. The second-order valence-electron chi connectivity index (χ2n) is 5.11. The molecule has 124 valence electrons. The molecule has 0 aliphatic carbocycles. The molecule has 0 spiro atoms. The zero-order valence-electron chi connectivity index (χ0n) is 12.9. The maximum absolute atomic E-state index is 12.3. The largest absolute Gasteiger partial charge is 0.497 e. The number of nitrogens with zero attached hydrogens (tertiary/aromatic N) is 1. The van der Waals surface area contributed by atoms with E-state index in [1.807, 2.05) is 12.1 Å². The molecule has 0 aliphatic heterocycles. The number of benzene rings is 2. The molecule has 0 atom stereocenters. The molecule has 0 radical (unpaired) electrons. The van der Waals surface area contributed by atoms with Crippen molar-refractivity contribution in [3.63, 3.8) is 0 Å². The SMILES string of the molecule is COc1ccc2nc(NC(=O)c3cccc(S(C)(=O)=O)c3)sc2c1. The summed E-state index contributed by atoms with van der Waals surface area (Å²) < 4.78 is 29.2. The van der Waals surface area contributed by atoms with Crippen molar-refractivity contribution in [3.05, 3.63) is 48.0 Å². The van der Waals surface area contributed by atoms with E-state index in [1.54, 1.807) is 19.2 Å². The number of hydrogen-bond acceptors (Lipinski definition) is 6. The molecule has 0 aliphatic rings. The number of fused-ring (bicyclic) bond motifs is 1. The fourth-order valence-electron chi connectivity index (χ4n) is 2.12. The van der Waals surface area contributed by atoms with Crippen LogP contribution in [0.1, 0.15) is 10.4 Å². The van der Waals surface area contributed by atoms with E-state index < -0.39 is 15.7 Å². The lowest BCUT2D eigenvalue weighted by Gasteiger charge is -2.03. The summed E-state index contributed by atoms with van der Waals surface area (Å²) >= 11 is 1.32. The molecule has 1 heterocycles. The van der Waals surface area contributed by atoms with Gasteiger partial charge in [0.2, 0.25) is 0 Å². The van der Waals surface area contributed by atoms with Crippen molar-refractivity contribution in [2.75, 3.05) is 18.7 Å². The molecule has 0 saturated heterocycles. The van der Waals surface area contributed by atoms with Crippen LogP contribution in [0.3, 0.4) is 0 Å². The number of methoxy groups -OCH3 is 1. The zero-order chi connectivity index (χ0) is 17.3. The third kappa shape index (κ3) is 3.39. The number of anilines is 1. The Hall–Kier alpha value is -2.45. The number of thiazole rings is 1. The van der Waals surface area contributed by atoms with Gasteiger partial charge in [-0.2, -0.15) is 0 Å². The van der Waals surface area contributed by atoms with Crippen LogP contribution in [0.2, 0.25) is 0 Å². The number of rotatable bonds is 4. The van der Waals surface area contributed by atoms with E-state index in [2.05, 4.69) is 10.3 Å². The first-order valence-electron chi connectivity index (χ1n) is 6.93. The lowest BCUT2D eigenvalue weighted by atomic mass is 10.2. The molecule has 1 amide bonds. The first kappa shape index (κ1) is 16.4. The molecule has 8 heteroatoms.